The number of carbonyl (C=O) groups excluding carboxylic acids is 1. The van der Waals surface area contributed by atoms with Gasteiger partial charge >= 0.3 is 5.97 Å². The molecule has 7 nitrogen and oxygen atoms in total. The Balaban J connectivity index is 1.34. The van der Waals surface area contributed by atoms with Crippen molar-refractivity contribution in [3.8, 4) is 11.6 Å². The fourth-order valence-electron chi connectivity index (χ4n) is 5.61. The van der Waals surface area contributed by atoms with Crippen LogP contribution in [0.2, 0.25) is 0 Å². The highest BCUT2D eigenvalue weighted by Gasteiger charge is 2.50. The zero-order chi connectivity index (χ0) is 23.3. The van der Waals surface area contributed by atoms with Gasteiger partial charge in [0.05, 0.1) is 30.0 Å². The number of hydrogen-bond donors (Lipinski definition) is 0. The van der Waals surface area contributed by atoms with Crippen molar-refractivity contribution in [3.05, 3.63) is 65.5 Å². The predicted molar refractivity (Wildman–Crippen MR) is 127 cm³/mol. The zero-order valence-electron chi connectivity index (χ0n) is 19.5. The number of benzene rings is 2. The van der Waals surface area contributed by atoms with Crippen molar-refractivity contribution in [1.82, 2.24) is 19.9 Å². The molecule has 0 unspecified atom stereocenters. The minimum atomic E-state index is -0.155. The highest BCUT2D eigenvalue weighted by molar-refractivity contribution is 5.91. The van der Waals surface area contributed by atoms with Crippen molar-refractivity contribution >= 4 is 16.9 Å². The van der Waals surface area contributed by atoms with E-state index >= 15 is 0 Å². The molecule has 174 valence electrons. The predicted octanol–water partition coefficient (Wildman–Crippen LogP) is 5.38. The third-order valence-corrected chi connectivity index (χ3v) is 7.66. The van der Waals surface area contributed by atoms with Crippen LogP contribution in [0.4, 0.5) is 0 Å². The van der Waals surface area contributed by atoms with Crippen LogP contribution < -0.4 is 0 Å². The number of nitrogens with zero attached hydrogens (tertiary/aromatic N) is 4. The van der Waals surface area contributed by atoms with E-state index in [1.54, 1.807) is 0 Å². The number of para-hydroxylation sites is 1. The lowest BCUT2D eigenvalue weighted by molar-refractivity contribution is -0.146. The van der Waals surface area contributed by atoms with Crippen LogP contribution in [-0.2, 0) is 14.9 Å². The van der Waals surface area contributed by atoms with E-state index < -0.39 is 0 Å². The molecule has 7 heteroatoms. The smallest absolute Gasteiger partial charge is 0.308 e. The maximum absolute atomic E-state index is 12.0. The fourth-order valence-corrected chi connectivity index (χ4v) is 5.61. The van der Waals surface area contributed by atoms with E-state index in [-0.39, 0.29) is 23.3 Å². The summed E-state index contributed by atoms with van der Waals surface area (Å²) in [7, 11) is 1.46. The van der Waals surface area contributed by atoms with Crippen LogP contribution in [-0.4, -0.2) is 33.0 Å². The average Bonchev–Trinajstić information content (AvgIpc) is 3.36. The van der Waals surface area contributed by atoms with Gasteiger partial charge in [0.1, 0.15) is 0 Å². The summed E-state index contributed by atoms with van der Waals surface area (Å²) >= 11 is 0. The van der Waals surface area contributed by atoms with Crippen LogP contribution >= 0.6 is 0 Å². The molecule has 0 N–H and O–H groups in total. The van der Waals surface area contributed by atoms with Gasteiger partial charge in [0.15, 0.2) is 11.5 Å². The van der Waals surface area contributed by atoms with Gasteiger partial charge in [-0.3, -0.25) is 9.48 Å². The zero-order valence-corrected chi connectivity index (χ0v) is 19.5. The van der Waals surface area contributed by atoms with E-state index in [1.807, 2.05) is 12.1 Å². The van der Waals surface area contributed by atoms with Gasteiger partial charge in [-0.25, -0.2) is 0 Å². The standard InChI is InChI=1S/C27H28N4O3/c1-17-7-3-5-9-21(17)27(15-16-27)26-28-24(34-30-26)23-20-8-4-6-10-22(20)31(29-23)19-13-11-18(12-14-19)25(32)33-2/h3-10,18-19H,11-16H2,1-2H3. The van der Waals surface area contributed by atoms with Gasteiger partial charge in [-0.1, -0.05) is 47.6 Å². The van der Waals surface area contributed by atoms with Gasteiger partial charge in [-0.05, 0) is 62.6 Å². The molecule has 0 saturated heterocycles. The van der Waals surface area contributed by atoms with Crippen molar-refractivity contribution in [3.63, 3.8) is 0 Å². The number of aryl methyl sites for hydroxylation is 1. The van der Waals surface area contributed by atoms with E-state index in [4.69, 9.17) is 19.3 Å². The summed E-state index contributed by atoms with van der Waals surface area (Å²) in [5, 5.41) is 10.4. The normalized spacial score (nSPS) is 21.5. The molecule has 2 aliphatic carbocycles. The molecule has 34 heavy (non-hydrogen) atoms. The molecule has 2 saturated carbocycles. The fraction of sp³-hybridized carbons (Fsp3) is 0.407. The lowest BCUT2D eigenvalue weighted by Gasteiger charge is -2.27. The molecule has 2 fully saturated rings. The summed E-state index contributed by atoms with van der Waals surface area (Å²) in [6.07, 6.45) is 5.44. The summed E-state index contributed by atoms with van der Waals surface area (Å²) in [4.78, 5) is 16.8. The van der Waals surface area contributed by atoms with Crippen molar-refractivity contribution in [2.45, 2.75) is 56.9 Å². The Morgan fingerprint density at radius 2 is 1.79 bits per heavy atom. The molecule has 6 rings (SSSR count). The Morgan fingerprint density at radius 1 is 1.06 bits per heavy atom. The highest BCUT2D eigenvalue weighted by Crippen LogP contribution is 2.53. The molecule has 0 bridgehead atoms. The van der Waals surface area contributed by atoms with E-state index in [1.165, 1.54) is 18.2 Å². The van der Waals surface area contributed by atoms with Crippen molar-refractivity contribution in [2.75, 3.05) is 7.11 Å². The Labute approximate surface area is 198 Å². The highest BCUT2D eigenvalue weighted by atomic mass is 16.5. The Bertz CT molecular complexity index is 1360. The number of rotatable bonds is 5. The van der Waals surface area contributed by atoms with Crippen molar-refractivity contribution < 1.29 is 14.1 Å². The van der Waals surface area contributed by atoms with Crippen LogP contribution in [0.15, 0.2) is 53.1 Å². The number of methoxy groups -OCH3 is 1. The van der Waals surface area contributed by atoms with Crippen LogP contribution in [0.25, 0.3) is 22.5 Å². The van der Waals surface area contributed by atoms with Crippen molar-refractivity contribution in [2.24, 2.45) is 5.92 Å². The monoisotopic (exact) mass is 456 g/mol. The second-order valence-corrected chi connectivity index (χ2v) is 9.66. The van der Waals surface area contributed by atoms with Crippen LogP contribution in [0.5, 0.6) is 0 Å². The second-order valence-electron chi connectivity index (χ2n) is 9.66. The van der Waals surface area contributed by atoms with E-state index in [2.05, 4.69) is 53.2 Å². The molecular weight excluding hydrogens is 428 g/mol. The summed E-state index contributed by atoms with van der Waals surface area (Å²) in [5.41, 5.74) is 4.16. The third kappa shape index (κ3) is 3.33. The number of carbonyl (C=O) groups is 1. The summed E-state index contributed by atoms with van der Waals surface area (Å²) in [6.45, 7) is 2.14. The lowest BCUT2D eigenvalue weighted by atomic mass is 9.86. The molecule has 0 radical (unpaired) electrons. The topological polar surface area (TPSA) is 83.0 Å². The van der Waals surface area contributed by atoms with Gasteiger partial charge in [0, 0.05) is 5.39 Å². The van der Waals surface area contributed by atoms with Crippen molar-refractivity contribution in [1.29, 1.82) is 0 Å². The number of hydrogen-bond acceptors (Lipinski definition) is 6. The minimum Gasteiger partial charge on any atom is -0.469 e. The van der Waals surface area contributed by atoms with Gasteiger partial charge in [-0.15, -0.1) is 0 Å². The molecule has 2 heterocycles. The summed E-state index contributed by atoms with van der Waals surface area (Å²) in [6, 6.07) is 16.9. The summed E-state index contributed by atoms with van der Waals surface area (Å²) in [5.74, 6) is 1.09. The first-order valence-corrected chi connectivity index (χ1v) is 12.1. The van der Waals surface area contributed by atoms with Gasteiger partial charge < -0.3 is 9.26 Å². The molecular formula is C27H28N4O3. The van der Waals surface area contributed by atoms with Crippen LogP contribution in [0, 0.1) is 12.8 Å². The maximum atomic E-state index is 12.0. The van der Waals surface area contributed by atoms with E-state index in [0.29, 0.717) is 5.89 Å². The average molecular weight is 457 g/mol. The van der Waals surface area contributed by atoms with E-state index in [9.17, 15) is 4.79 Å². The first-order chi connectivity index (χ1) is 16.6. The largest absolute Gasteiger partial charge is 0.469 e. The second kappa shape index (κ2) is 8.08. The maximum Gasteiger partial charge on any atom is 0.308 e. The number of aromatic nitrogens is 4. The SMILES string of the molecule is COC(=O)C1CCC(n2nc(-c3nc(C4(c5ccccc5C)CC4)no3)c3ccccc32)CC1. The van der Waals surface area contributed by atoms with Crippen LogP contribution in [0.3, 0.4) is 0 Å². The lowest BCUT2D eigenvalue weighted by Crippen LogP contribution is -2.24. The van der Waals surface area contributed by atoms with E-state index in [0.717, 1.165) is 60.9 Å². The summed E-state index contributed by atoms with van der Waals surface area (Å²) < 4.78 is 12.9. The molecule has 2 aromatic heterocycles. The minimum absolute atomic E-state index is 0.0165. The molecule has 2 aromatic carbocycles. The molecule has 0 amide bonds. The molecule has 2 aliphatic rings. The Hall–Kier alpha value is -3.48. The number of fused-ring (bicyclic) bond motifs is 1. The van der Waals surface area contributed by atoms with Gasteiger partial charge in [0.2, 0.25) is 0 Å². The third-order valence-electron chi connectivity index (χ3n) is 7.66. The quantitative estimate of drug-likeness (QED) is 0.375. The number of ether oxygens (including phenoxy) is 1. The first-order valence-electron chi connectivity index (χ1n) is 12.1. The van der Waals surface area contributed by atoms with Crippen LogP contribution in [0.1, 0.15) is 61.5 Å². The Morgan fingerprint density at radius 3 is 2.53 bits per heavy atom. The first kappa shape index (κ1) is 21.1. The van der Waals surface area contributed by atoms with Gasteiger partial charge in [-0.2, -0.15) is 10.1 Å². The van der Waals surface area contributed by atoms with Gasteiger partial charge in [0.25, 0.3) is 5.89 Å². The number of esters is 1. The molecule has 4 aromatic rings. The Kier molecular flexibility index (Phi) is 5.01. The molecule has 0 aliphatic heterocycles. The molecule has 0 atom stereocenters. The molecule has 0 spiro atoms.